The molecule has 1 aromatic carbocycles. The molecule has 0 saturated carbocycles. The Hall–Kier alpha value is -3.39. The van der Waals surface area contributed by atoms with E-state index in [1.54, 1.807) is 17.5 Å². The number of aryl methyl sites for hydroxylation is 1. The van der Waals surface area contributed by atoms with Gasteiger partial charge < -0.3 is 15.2 Å². The average Bonchev–Trinajstić information content (AvgIpc) is 3.08. The third kappa shape index (κ3) is 4.91. The molecule has 2 aromatic heterocycles. The summed E-state index contributed by atoms with van der Waals surface area (Å²) in [5.74, 6) is -1.91. The summed E-state index contributed by atoms with van der Waals surface area (Å²) >= 11 is 5.94. The highest BCUT2D eigenvalue weighted by Gasteiger charge is 2.29. The first-order valence-electron chi connectivity index (χ1n) is 10.0. The van der Waals surface area contributed by atoms with E-state index < -0.39 is 17.7 Å². The van der Waals surface area contributed by atoms with Gasteiger partial charge in [0.1, 0.15) is 11.3 Å². The minimum atomic E-state index is -1.09. The van der Waals surface area contributed by atoms with Crippen LogP contribution < -0.4 is 10.5 Å². The van der Waals surface area contributed by atoms with Crippen molar-refractivity contribution in [2.45, 2.75) is 26.2 Å². The first-order chi connectivity index (χ1) is 15.4. The van der Waals surface area contributed by atoms with E-state index in [1.807, 2.05) is 30.3 Å². The summed E-state index contributed by atoms with van der Waals surface area (Å²) in [5, 5.41) is 4.59. The van der Waals surface area contributed by atoms with Gasteiger partial charge in [-0.1, -0.05) is 30.3 Å². The summed E-state index contributed by atoms with van der Waals surface area (Å²) in [5.41, 5.74) is 8.77. The summed E-state index contributed by atoms with van der Waals surface area (Å²) < 4.78 is 11.9. The quantitative estimate of drug-likeness (QED) is 0.217. The lowest BCUT2D eigenvalue weighted by atomic mass is 9.97. The Morgan fingerprint density at radius 2 is 1.91 bits per heavy atom. The van der Waals surface area contributed by atoms with Gasteiger partial charge in [0.25, 0.3) is 11.7 Å². The lowest BCUT2D eigenvalue weighted by Gasteiger charge is -2.10. The van der Waals surface area contributed by atoms with Crippen LogP contribution >= 0.6 is 11.6 Å². The summed E-state index contributed by atoms with van der Waals surface area (Å²) in [7, 11) is 1.25. The number of carbonyl (C=O) groups is 3. The van der Waals surface area contributed by atoms with Crippen LogP contribution in [-0.2, 0) is 27.2 Å². The predicted molar refractivity (Wildman–Crippen MR) is 119 cm³/mol. The van der Waals surface area contributed by atoms with Crippen LogP contribution in [0.4, 0.5) is 0 Å². The van der Waals surface area contributed by atoms with Crippen molar-refractivity contribution in [2.24, 2.45) is 5.73 Å². The Morgan fingerprint density at radius 3 is 2.53 bits per heavy atom. The Bertz CT molecular complexity index is 1160. The molecule has 1 amide bonds. The average molecular weight is 458 g/mol. The lowest BCUT2D eigenvalue weighted by Crippen LogP contribution is -2.24. The number of halogens is 1. The van der Waals surface area contributed by atoms with Crippen LogP contribution in [0.15, 0.2) is 36.4 Å². The molecular weight excluding hydrogens is 434 g/mol. The molecule has 0 atom stereocenters. The Morgan fingerprint density at radius 1 is 1.19 bits per heavy atom. The van der Waals surface area contributed by atoms with Gasteiger partial charge in [-0.3, -0.25) is 9.59 Å². The molecule has 3 aromatic rings. The number of nitrogens with zero attached hydrogens (tertiary/aromatic N) is 2. The Balaban J connectivity index is 2.31. The van der Waals surface area contributed by atoms with Crippen LogP contribution in [0.3, 0.4) is 0 Å². The van der Waals surface area contributed by atoms with Crippen LogP contribution in [0.5, 0.6) is 5.75 Å². The maximum absolute atomic E-state index is 12.9. The number of rotatable bonds is 10. The monoisotopic (exact) mass is 457 g/mol. The molecule has 0 unspecified atom stereocenters. The molecule has 0 fully saturated rings. The van der Waals surface area contributed by atoms with Crippen molar-refractivity contribution < 1.29 is 23.9 Å². The molecule has 8 nitrogen and oxygen atoms in total. The van der Waals surface area contributed by atoms with Crippen LogP contribution in [0.1, 0.15) is 39.3 Å². The van der Waals surface area contributed by atoms with E-state index in [-0.39, 0.29) is 17.9 Å². The van der Waals surface area contributed by atoms with Gasteiger partial charge in [0.2, 0.25) is 0 Å². The molecule has 3 rings (SSSR count). The van der Waals surface area contributed by atoms with E-state index in [1.165, 1.54) is 7.11 Å². The molecule has 0 aliphatic heterocycles. The van der Waals surface area contributed by atoms with Gasteiger partial charge in [-0.25, -0.2) is 9.31 Å². The number of fused-ring (bicyclic) bond motifs is 1. The molecule has 0 spiro atoms. The number of methoxy groups -OCH3 is 1. The third-order valence-corrected chi connectivity index (χ3v) is 5.25. The largest absolute Gasteiger partial charge is 0.480 e. The number of esters is 1. The highest BCUT2D eigenvalue weighted by molar-refractivity contribution is 6.44. The smallest absolute Gasteiger partial charge is 0.343 e. The zero-order valence-electron chi connectivity index (χ0n) is 17.9. The summed E-state index contributed by atoms with van der Waals surface area (Å²) in [6, 6.07) is 11.3. The van der Waals surface area contributed by atoms with Crippen LogP contribution in [-0.4, -0.2) is 46.9 Å². The van der Waals surface area contributed by atoms with Crippen molar-refractivity contribution in [3.05, 3.63) is 64.5 Å². The number of aromatic nitrogens is 2. The zero-order valence-corrected chi connectivity index (χ0v) is 18.6. The van der Waals surface area contributed by atoms with E-state index in [0.29, 0.717) is 41.9 Å². The fourth-order valence-corrected chi connectivity index (χ4v) is 3.73. The van der Waals surface area contributed by atoms with Crippen molar-refractivity contribution in [1.29, 1.82) is 0 Å². The number of ether oxygens (including phenoxy) is 2. The number of nitrogens with two attached hydrogens (primary N) is 1. The van der Waals surface area contributed by atoms with Crippen LogP contribution in [0, 0.1) is 6.92 Å². The predicted octanol–water partition coefficient (Wildman–Crippen LogP) is 2.62. The second-order valence-electron chi connectivity index (χ2n) is 7.22. The summed E-state index contributed by atoms with van der Waals surface area (Å²) in [6.45, 7) is 1.40. The molecular formula is C23H24ClN3O5. The molecule has 2 N–H and O–H groups in total. The second-order valence-corrected chi connectivity index (χ2v) is 7.60. The number of hydrogen-bond donors (Lipinski definition) is 1. The van der Waals surface area contributed by atoms with Crippen molar-refractivity contribution in [1.82, 2.24) is 9.61 Å². The number of primary amides is 1. The molecule has 0 radical (unpaired) electrons. The minimum Gasteiger partial charge on any atom is -0.480 e. The van der Waals surface area contributed by atoms with E-state index in [0.717, 1.165) is 11.3 Å². The van der Waals surface area contributed by atoms with Crippen LogP contribution in [0.25, 0.3) is 5.52 Å². The summed E-state index contributed by atoms with van der Waals surface area (Å²) in [6.07, 6.45) is 1.48. The number of benzene rings is 1. The van der Waals surface area contributed by atoms with Crippen molar-refractivity contribution in [2.75, 3.05) is 19.6 Å². The first-order valence-corrected chi connectivity index (χ1v) is 10.6. The fourth-order valence-electron chi connectivity index (χ4n) is 3.60. The molecule has 2 heterocycles. The molecule has 9 heteroatoms. The van der Waals surface area contributed by atoms with Gasteiger partial charge in [-0.2, -0.15) is 5.10 Å². The second kappa shape index (κ2) is 10.3. The van der Waals surface area contributed by atoms with Gasteiger partial charge in [-0.05, 0) is 30.9 Å². The molecule has 0 bridgehead atoms. The van der Waals surface area contributed by atoms with Gasteiger partial charge in [0, 0.05) is 18.4 Å². The first kappa shape index (κ1) is 23.3. The SMILES string of the molecule is COC(=O)COc1cc(C)nn2c(Cc3ccccc3)c(CCCCl)c(C(=O)C(N)=O)c12. The van der Waals surface area contributed by atoms with Gasteiger partial charge in [-0.15, -0.1) is 11.6 Å². The number of carbonyl (C=O) groups excluding carboxylic acids is 3. The van der Waals surface area contributed by atoms with Gasteiger partial charge in [0.05, 0.1) is 24.1 Å². The number of amides is 1. The Kier molecular flexibility index (Phi) is 7.48. The third-order valence-electron chi connectivity index (χ3n) is 4.98. The van der Waals surface area contributed by atoms with Crippen molar-refractivity contribution in [3.8, 4) is 5.75 Å². The highest BCUT2D eigenvalue weighted by Crippen LogP contribution is 2.33. The fraction of sp³-hybridized carbons (Fsp3) is 0.304. The number of ketones is 1. The molecule has 168 valence electrons. The number of alkyl halides is 1. The maximum Gasteiger partial charge on any atom is 0.343 e. The molecule has 0 aliphatic carbocycles. The molecule has 32 heavy (non-hydrogen) atoms. The molecule has 0 aliphatic rings. The topological polar surface area (TPSA) is 113 Å². The van der Waals surface area contributed by atoms with E-state index in [9.17, 15) is 14.4 Å². The van der Waals surface area contributed by atoms with Crippen molar-refractivity contribution in [3.63, 3.8) is 0 Å². The van der Waals surface area contributed by atoms with Gasteiger partial charge >= 0.3 is 5.97 Å². The lowest BCUT2D eigenvalue weighted by molar-refractivity contribution is -0.142. The summed E-state index contributed by atoms with van der Waals surface area (Å²) in [4.78, 5) is 36.5. The van der Waals surface area contributed by atoms with E-state index >= 15 is 0 Å². The standard InChI is InChI=1S/C23H24ClN3O5/c1-14-11-18(32-13-19(28)31-2)21-20(22(29)23(25)30)16(9-6-10-24)17(27(21)26-14)12-15-7-4-3-5-8-15/h3-5,7-8,11H,6,9-10,12-13H2,1-2H3,(H2,25,30). The van der Waals surface area contributed by atoms with Crippen molar-refractivity contribution >= 4 is 34.8 Å². The maximum atomic E-state index is 12.9. The van der Waals surface area contributed by atoms with E-state index in [2.05, 4.69) is 9.84 Å². The Labute approximate surface area is 190 Å². The molecule has 0 saturated heterocycles. The van der Waals surface area contributed by atoms with Gasteiger partial charge in [0.15, 0.2) is 6.61 Å². The zero-order chi connectivity index (χ0) is 23.3. The van der Waals surface area contributed by atoms with E-state index in [4.69, 9.17) is 22.1 Å². The van der Waals surface area contributed by atoms with Crippen LogP contribution in [0.2, 0.25) is 0 Å². The highest BCUT2D eigenvalue weighted by atomic mass is 35.5. The minimum absolute atomic E-state index is 0.126. The number of hydrogen-bond acceptors (Lipinski definition) is 6. The number of Topliss-reactive ketones (excluding diaryl/α,β-unsaturated/α-hetero) is 1. The normalized spacial score (nSPS) is 10.8.